The maximum Gasteiger partial charge on any atom is 0.0348 e. The molecule has 1 aromatic carbocycles. The van der Waals surface area contributed by atoms with Gasteiger partial charge in [-0.1, -0.05) is 12.1 Å². The van der Waals surface area contributed by atoms with E-state index in [-0.39, 0.29) is 0 Å². The second kappa shape index (κ2) is 4.11. The van der Waals surface area contributed by atoms with Crippen LogP contribution in [0.3, 0.4) is 0 Å². The molecule has 1 heterocycles. The van der Waals surface area contributed by atoms with Gasteiger partial charge in [0.25, 0.3) is 0 Å². The average molecular weight is 205 g/mol. The highest BCUT2D eigenvalue weighted by molar-refractivity contribution is 7.19. The molecule has 2 rings (SSSR count). The van der Waals surface area contributed by atoms with Crippen LogP contribution in [0.4, 0.5) is 0 Å². The first-order chi connectivity index (χ1) is 6.81. The van der Waals surface area contributed by atoms with Crippen LogP contribution >= 0.6 is 11.3 Å². The van der Waals surface area contributed by atoms with Crippen molar-refractivity contribution in [3.63, 3.8) is 0 Å². The lowest BCUT2D eigenvalue weighted by atomic mass is 10.1. The molecule has 0 amide bonds. The number of hydrogen-bond acceptors (Lipinski definition) is 2. The Morgan fingerprint density at radius 3 is 3.00 bits per heavy atom. The molecule has 0 spiro atoms. The zero-order chi connectivity index (χ0) is 9.97. The molecule has 74 valence electrons. The fourth-order valence-corrected chi connectivity index (χ4v) is 2.73. The zero-order valence-electron chi connectivity index (χ0n) is 8.42. The van der Waals surface area contributed by atoms with Gasteiger partial charge in [-0.25, -0.2) is 0 Å². The smallest absolute Gasteiger partial charge is 0.0348 e. The van der Waals surface area contributed by atoms with Gasteiger partial charge in [0.15, 0.2) is 0 Å². The largest absolute Gasteiger partial charge is 0.330 e. The first kappa shape index (κ1) is 9.69. The highest BCUT2D eigenvalue weighted by atomic mass is 32.1. The Balaban J connectivity index is 2.42. The fraction of sp³-hybridized carbons (Fsp3) is 0.333. The molecule has 0 aliphatic carbocycles. The molecule has 0 saturated carbocycles. The summed E-state index contributed by atoms with van der Waals surface area (Å²) in [6, 6.07) is 8.83. The van der Waals surface area contributed by atoms with Gasteiger partial charge < -0.3 is 5.73 Å². The molecular weight excluding hydrogens is 190 g/mol. The van der Waals surface area contributed by atoms with E-state index >= 15 is 0 Å². The van der Waals surface area contributed by atoms with Gasteiger partial charge >= 0.3 is 0 Å². The zero-order valence-corrected chi connectivity index (χ0v) is 9.23. The topological polar surface area (TPSA) is 26.0 Å². The second-order valence-corrected chi connectivity index (χ2v) is 4.87. The molecule has 0 aliphatic rings. The molecule has 1 aromatic heterocycles. The van der Waals surface area contributed by atoms with E-state index in [4.69, 9.17) is 5.73 Å². The lowest BCUT2D eigenvalue weighted by Crippen LogP contribution is -2.00. The van der Waals surface area contributed by atoms with Crippen molar-refractivity contribution in [2.24, 2.45) is 5.73 Å². The summed E-state index contributed by atoms with van der Waals surface area (Å²) in [7, 11) is 0. The van der Waals surface area contributed by atoms with Crippen LogP contribution in [0, 0.1) is 6.92 Å². The van der Waals surface area contributed by atoms with E-state index in [9.17, 15) is 0 Å². The van der Waals surface area contributed by atoms with Gasteiger partial charge in [-0.05, 0) is 49.4 Å². The fourth-order valence-electron chi connectivity index (χ4n) is 1.76. The van der Waals surface area contributed by atoms with Crippen molar-refractivity contribution in [1.82, 2.24) is 0 Å². The number of thiophene rings is 1. The Bertz CT molecular complexity index is 431. The van der Waals surface area contributed by atoms with Crippen molar-refractivity contribution in [3.8, 4) is 0 Å². The SMILES string of the molecule is Cc1cc2c(CCCN)cccc2s1. The van der Waals surface area contributed by atoms with E-state index in [1.54, 1.807) is 0 Å². The first-order valence-corrected chi connectivity index (χ1v) is 5.81. The van der Waals surface area contributed by atoms with Gasteiger partial charge in [0.2, 0.25) is 0 Å². The summed E-state index contributed by atoms with van der Waals surface area (Å²) in [5, 5.41) is 1.42. The summed E-state index contributed by atoms with van der Waals surface area (Å²) in [6.45, 7) is 2.94. The highest BCUT2D eigenvalue weighted by Gasteiger charge is 2.02. The quantitative estimate of drug-likeness (QED) is 0.818. The number of fused-ring (bicyclic) bond motifs is 1. The summed E-state index contributed by atoms with van der Waals surface area (Å²) in [5.41, 5.74) is 6.97. The monoisotopic (exact) mass is 205 g/mol. The van der Waals surface area contributed by atoms with Crippen molar-refractivity contribution < 1.29 is 0 Å². The third-order valence-electron chi connectivity index (χ3n) is 2.43. The summed E-state index contributed by atoms with van der Waals surface area (Å²) in [4.78, 5) is 1.39. The number of nitrogens with two attached hydrogens (primary N) is 1. The Kier molecular flexibility index (Phi) is 2.85. The van der Waals surface area contributed by atoms with Crippen LogP contribution in [0.2, 0.25) is 0 Å². The normalized spacial score (nSPS) is 11.0. The van der Waals surface area contributed by atoms with Gasteiger partial charge in [-0.2, -0.15) is 0 Å². The minimum absolute atomic E-state index is 0.777. The van der Waals surface area contributed by atoms with E-state index in [1.807, 2.05) is 11.3 Å². The number of rotatable bonds is 3. The van der Waals surface area contributed by atoms with Crippen LogP contribution in [-0.2, 0) is 6.42 Å². The molecule has 0 bridgehead atoms. The molecule has 0 saturated heterocycles. The first-order valence-electron chi connectivity index (χ1n) is 4.99. The molecule has 2 heteroatoms. The molecule has 0 fully saturated rings. The Morgan fingerprint density at radius 2 is 2.21 bits per heavy atom. The van der Waals surface area contributed by atoms with Gasteiger partial charge in [-0.3, -0.25) is 0 Å². The van der Waals surface area contributed by atoms with Gasteiger partial charge in [0.05, 0.1) is 0 Å². The minimum atomic E-state index is 0.777. The Labute approximate surface area is 88.6 Å². The van der Waals surface area contributed by atoms with E-state index in [0.29, 0.717) is 0 Å². The molecule has 0 unspecified atom stereocenters. The number of hydrogen-bond donors (Lipinski definition) is 1. The standard InChI is InChI=1S/C12H15NS/c1-9-8-11-10(5-3-7-13)4-2-6-12(11)14-9/h2,4,6,8H,3,5,7,13H2,1H3. The molecule has 0 radical (unpaired) electrons. The molecule has 0 aliphatic heterocycles. The molecule has 2 N–H and O–H groups in total. The molecule has 14 heavy (non-hydrogen) atoms. The minimum Gasteiger partial charge on any atom is -0.330 e. The second-order valence-electron chi connectivity index (χ2n) is 3.58. The van der Waals surface area contributed by atoms with E-state index in [2.05, 4.69) is 31.2 Å². The van der Waals surface area contributed by atoms with Crippen LogP contribution in [0.15, 0.2) is 24.3 Å². The lowest BCUT2D eigenvalue weighted by Gasteiger charge is -2.01. The predicted octanol–water partition coefficient (Wildman–Crippen LogP) is 3.10. The van der Waals surface area contributed by atoms with Crippen molar-refractivity contribution in [3.05, 3.63) is 34.7 Å². The number of aryl methyl sites for hydroxylation is 2. The predicted molar refractivity (Wildman–Crippen MR) is 63.9 cm³/mol. The maximum absolute atomic E-state index is 5.53. The van der Waals surface area contributed by atoms with Crippen LogP contribution in [0.5, 0.6) is 0 Å². The summed E-state index contributed by atoms with van der Waals surface area (Å²) in [6.07, 6.45) is 2.18. The Morgan fingerprint density at radius 1 is 1.36 bits per heavy atom. The van der Waals surface area contributed by atoms with Gasteiger partial charge in [-0.15, -0.1) is 11.3 Å². The number of benzene rings is 1. The highest BCUT2D eigenvalue weighted by Crippen LogP contribution is 2.28. The van der Waals surface area contributed by atoms with E-state index < -0.39 is 0 Å². The van der Waals surface area contributed by atoms with Crippen LogP contribution in [-0.4, -0.2) is 6.54 Å². The third-order valence-corrected chi connectivity index (χ3v) is 3.44. The van der Waals surface area contributed by atoms with Gasteiger partial charge in [0.1, 0.15) is 0 Å². The van der Waals surface area contributed by atoms with Crippen molar-refractivity contribution >= 4 is 21.4 Å². The summed E-state index contributed by atoms with van der Waals surface area (Å²) < 4.78 is 1.40. The van der Waals surface area contributed by atoms with Crippen LogP contribution in [0.25, 0.3) is 10.1 Å². The lowest BCUT2D eigenvalue weighted by molar-refractivity contribution is 0.837. The molecule has 1 nitrogen and oxygen atoms in total. The van der Waals surface area contributed by atoms with Gasteiger partial charge in [0, 0.05) is 9.58 Å². The Hall–Kier alpha value is -0.860. The average Bonchev–Trinajstić information content (AvgIpc) is 2.55. The van der Waals surface area contributed by atoms with E-state index in [0.717, 1.165) is 19.4 Å². The third kappa shape index (κ3) is 1.81. The molecular formula is C12H15NS. The summed E-state index contributed by atoms with van der Waals surface area (Å²) in [5.74, 6) is 0. The van der Waals surface area contributed by atoms with E-state index in [1.165, 1.54) is 20.5 Å². The maximum atomic E-state index is 5.53. The van der Waals surface area contributed by atoms with Crippen molar-refractivity contribution in [2.45, 2.75) is 19.8 Å². The molecule has 0 atom stereocenters. The van der Waals surface area contributed by atoms with Crippen molar-refractivity contribution in [2.75, 3.05) is 6.54 Å². The molecule has 2 aromatic rings. The van der Waals surface area contributed by atoms with Crippen LogP contribution < -0.4 is 5.73 Å². The summed E-state index contributed by atoms with van der Waals surface area (Å²) >= 11 is 1.87. The van der Waals surface area contributed by atoms with Crippen LogP contribution in [0.1, 0.15) is 16.9 Å². The van der Waals surface area contributed by atoms with Crippen molar-refractivity contribution in [1.29, 1.82) is 0 Å².